The van der Waals surface area contributed by atoms with Gasteiger partial charge in [0.05, 0.1) is 12.4 Å². The SMILES string of the molecule is CN=C(NCCN(C)C1CC1)N1CCC(C)C(n2ccnc2)C1. The third-order valence-electron chi connectivity index (χ3n) is 5.26. The molecule has 1 saturated carbocycles. The van der Waals surface area contributed by atoms with E-state index in [9.17, 15) is 0 Å². The molecule has 2 heterocycles. The van der Waals surface area contributed by atoms with Crippen LogP contribution in [0.5, 0.6) is 0 Å². The second-order valence-electron chi connectivity index (χ2n) is 6.97. The van der Waals surface area contributed by atoms with Gasteiger partial charge in [-0.05, 0) is 32.2 Å². The Labute approximate surface area is 139 Å². The Morgan fingerprint density at radius 2 is 2.22 bits per heavy atom. The molecule has 2 atom stereocenters. The molecule has 128 valence electrons. The van der Waals surface area contributed by atoms with Crippen LogP contribution in [0.1, 0.15) is 32.2 Å². The van der Waals surface area contributed by atoms with Crippen molar-refractivity contribution in [1.82, 2.24) is 24.7 Å². The van der Waals surface area contributed by atoms with Crippen molar-refractivity contribution in [3.8, 4) is 0 Å². The van der Waals surface area contributed by atoms with E-state index in [1.165, 1.54) is 19.3 Å². The maximum Gasteiger partial charge on any atom is 0.193 e. The first-order chi connectivity index (χ1) is 11.2. The van der Waals surface area contributed by atoms with Crippen LogP contribution in [0.4, 0.5) is 0 Å². The van der Waals surface area contributed by atoms with E-state index in [-0.39, 0.29) is 0 Å². The number of nitrogens with zero attached hydrogens (tertiary/aromatic N) is 5. The molecule has 1 N–H and O–H groups in total. The first-order valence-electron chi connectivity index (χ1n) is 8.82. The maximum atomic E-state index is 4.50. The number of rotatable bonds is 5. The number of nitrogens with one attached hydrogen (secondary N) is 1. The summed E-state index contributed by atoms with van der Waals surface area (Å²) in [5.74, 6) is 1.70. The van der Waals surface area contributed by atoms with Crippen molar-refractivity contribution in [2.45, 2.75) is 38.3 Å². The molecule has 1 aliphatic carbocycles. The molecule has 1 aromatic heterocycles. The van der Waals surface area contributed by atoms with Crippen molar-refractivity contribution in [2.24, 2.45) is 10.9 Å². The van der Waals surface area contributed by atoms with Crippen molar-refractivity contribution in [2.75, 3.05) is 40.3 Å². The summed E-state index contributed by atoms with van der Waals surface area (Å²) in [6, 6.07) is 1.29. The lowest BCUT2D eigenvalue weighted by atomic mass is 9.93. The largest absolute Gasteiger partial charge is 0.355 e. The van der Waals surface area contributed by atoms with Crippen LogP contribution in [-0.2, 0) is 0 Å². The number of aromatic nitrogens is 2. The van der Waals surface area contributed by atoms with Gasteiger partial charge in [0.15, 0.2) is 5.96 Å². The number of piperidine rings is 1. The topological polar surface area (TPSA) is 48.7 Å². The summed E-state index contributed by atoms with van der Waals surface area (Å²) < 4.78 is 2.24. The van der Waals surface area contributed by atoms with Crippen LogP contribution in [0.2, 0.25) is 0 Å². The molecule has 1 saturated heterocycles. The molecule has 2 aliphatic rings. The molecule has 0 bridgehead atoms. The summed E-state index contributed by atoms with van der Waals surface area (Å²) in [6.07, 6.45) is 9.79. The fourth-order valence-electron chi connectivity index (χ4n) is 3.47. The van der Waals surface area contributed by atoms with Gasteiger partial charge in [0.2, 0.25) is 0 Å². The van der Waals surface area contributed by atoms with Crippen molar-refractivity contribution in [1.29, 1.82) is 0 Å². The van der Waals surface area contributed by atoms with Crippen molar-refractivity contribution >= 4 is 5.96 Å². The Morgan fingerprint density at radius 1 is 1.39 bits per heavy atom. The molecule has 2 unspecified atom stereocenters. The Balaban J connectivity index is 1.53. The molecular weight excluding hydrogens is 288 g/mol. The molecule has 1 aliphatic heterocycles. The van der Waals surface area contributed by atoms with E-state index in [2.05, 4.69) is 49.8 Å². The van der Waals surface area contributed by atoms with Gasteiger partial charge in [-0.2, -0.15) is 0 Å². The summed E-state index contributed by atoms with van der Waals surface area (Å²) in [7, 11) is 4.11. The van der Waals surface area contributed by atoms with Gasteiger partial charge in [-0.25, -0.2) is 4.98 Å². The van der Waals surface area contributed by atoms with Gasteiger partial charge in [0.25, 0.3) is 0 Å². The molecule has 23 heavy (non-hydrogen) atoms. The Bertz CT molecular complexity index is 507. The second-order valence-corrected chi connectivity index (χ2v) is 6.97. The lowest BCUT2D eigenvalue weighted by molar-refractivity contribution is 0.188. The summed E-state index contributed by atoms with van der Waals surface area (Å²) in [5, 5.41) is 3.54. The number of imidazole rings is 1. The second kappa shape index (κ2) is 7.34. The quantitative estimate of drug-likeness (QED) is 0.659. The predicted molar refractivity (Wildman–Crippen MR) is 93.6 cm³/mol. The van der Waals surface area contributed by atoms with E-state index < -0.39 is 0 Å². The summed E-state index contributed by atoms with van der Waals surface area (Å²) in [6.45, 7) is 6.45. The third-order valence-corrected chi connectivity index (χ3v) is 5.26. The van der Waals surface area contributed by atoms with Crippen LogP contribution in [-0.4, -0.2) is 71.6 Å². The van der Waals surface area contributed by atoms with E-state index in [4.69, 9.17) is 0 Å². The highest BCUT2D eigenvalue weighted by atomic mass is 15.3. The average molecular weight is 318 g/mol. The molecule has 6 nitrogen and oxygen atoms in total. The van der Waals surface area contributed by atoms with Crippen LogP contribution in [0.3, 0.4) is 0 Å². The van der Waals surface area contributed by atoms with E-state index in [1.807, 2.05) is 19.6 Å². The van der Waals surface area contributed by atoms with Crippen LogP contribution < -0.4 is 5.32 Å². The number of likely N-dealkylation sites (N-methyl/N-ethyl adjacent to an activating group) is 1. The predicted octanol–water partition coefficient (Wildman–Crippen LogP) is 1.44. The highest BCUT2D eigenvalue weighted by molar-refractivity contribution is 5.80. The lowest BCUT2D eigenvalue weighted by Crippen LogP contribution is -2.50. The Kier molecular flexibility index (Phi) is 5.20. The minimum Gasteiger partial charge on any atom is -0.355 e. The first kappa shape index (κ1) is 16.3. The fourth-order valence-corrected chi connectivity index (χ4v) is 3.47. The van der Waals surface area contributed by atoms with Gasteiger partial charge >= 0.3 is 0 Å². The summed E-state index contributed by atoms with van der Waals surface area (Å²) in [4.78, 5) is 13.5. The van der Waals surface area contributed by atoms with Crippen molar-refractivity contribution in [3.63, 3.8) is 0 Å². The minimum atomic E-state index is 0.471. The zero-order valence-corrected chi connectivity index (χ0v) is 14.6. The van der Waals surface area contributed by atoms with E-state index >= 15 is 0 Å². The summed E-state index contributed by atoms with van der Waals surface area (Å²) in [5.41, 5.74) is 0. The van der Waals surface area contributed by atoms with Crippen molar-refractivity contribution in [3.05, 3.63) is 18.7 Å². The highest BCUT2D eigenvalue weighted by Gasteiger charge is 2.29. The summed E-state index contributed by atoms with van der Waals surface area (Å²) >= 11 is 0. The van der Waals surface area contributed by atoms with E-state index in [0.717, 1.165) is 38.2 Å². The molecule has 1 aromatic rings. The zero-order chi connectivity index (χ0) is 16.2. The molecular formula is C17H30N6. The Hall–Kier alpha value is -1.56. The van der Waals surface area contributed by atoms with E-state index in [0.29, 0.717) is 12.0 Å². The molecule has 0 aromatic carbocycles. The van der Waals surface area contributed by atoms with Crippen molar-refractivity contribution < 1.29 is 0 Å². The van der Waals surface area contributed by atoms with E-state index in [1.54, 1.807) is 0 Å². The van der Waals surface area contributed by atoms with Crippen LogP contribution in [0, 0.1) is 5.92 Å². The number of guanidine groups is 1. The van der Waals surface area contributed by atoms with Crippen LogP contribution >= 0.6 is 0 Å². The number of hydrogen-bond acceptors (Lipinski definition) is 3. The third kappa shape index (κ3) is 4.05. The van der Waals surface area contributed by atoms with Gasteiger partial charge in [-0.1, -0.05) is 6.92 Å². The van der Waals surface area contributed by atoms with Gasteiger partial charge in [0.1, 0.15) is 0 Å². The smallest absolute Gasteiger partial charge is 0.193 e. The van der Waals surface area contributed by atoms with Crippen LogP contribution in [0.25, 0.3) is 0 Å². The lowest BCUT2D eigenvalue weighted by Gasteiger charge is -2.39. The highest BCUT2D eigenvalue weighted by Crippen LogP contribution is 2.27. The van der Waals surface area contributed by atoms with Crippen LogP contribution in [0.15, 0.2) is 23.7 Å². The number of hydrogen-bond donors (Lipinski definition) is 1. The fraction of sp³-hybridized carbons (Fsp3) is 0.765. The normalized spacial score (nSPS) is 25.9. The standard InChI is InChI=1S/C17H30N6/c1-14-6-9-22(12-16(14)23-11-7-19-13-23)17(18-2)20-8-10-21(3)15-4-5-15/h7,11,13-16H,4-6,8-10,12H2,1-3H3,(H,18,20). The Morgan fingerprint density at radius 3 is 2.87 bits per heavy atom. The molecule has 0 amide bonds. The number of likely N-dealkylation sites (tertiary alicyclic amines) is 1. The molecule has 0 radical (unpaired) electrons. The van der Waals surface area contributed by atoms with Gasteiger partial charge in [-0.3, -0.25) is 4.99 Å². The average Bonchev–Trinajstić information content (AvgIpc) is 3.28. The van der Waals surface area contributed by atoms with Gasteiger partial charge < -0.3 is 19.7 Å². The monoisotopic (exact) mass is 318 g/mol. The van der Waals surface area contributed by atoms with Gasteiger partial charge in [0, 0.05) is 51.7 Å². The molecule has 3 rings (SSSR count). The maximum absolute atomic E-state index is 4.50. The molecule has 0 spiro atoms. The number of aliphatic imine (C=N–C) groups is 1. The molecule has 2 fully saturated rings. The molecule has 6 heteroatoms. The zero-order valence-electron chi connectivity index (χ0n) is 14.6. The van der Waals surface area contributed by atoms with Gasteiger partial charge in [-0.15, -0.1) is 0 Å². The minimum absolute atomic E-state index is 0.471. The first-order valence-corrected chi connectivity index (χ1v) is 8.82.